The number of hydrogen-bond donors (Lipinski definition) is 2. The second kappa shape index (κ2) is 4.00. The Balaban J connectivity index is 2.53. The zero-order valence-corrected chi connectivity index (χ0v) is 8.33. The van der Waals surface area contributed by atoms with Crippen molar-refractivity contribution >= 4 is 24.5 Å². The molecule has 2 atom stereocenters. The Kier molecular flexibility index (Phi) is 3.19. The molecule has 1 N–H and O–H groups in total. The molecular weight excluding hydrogens is 190 g/mol. The van der Waals surface area contributed by atoms with E-state index in [1.165, 1.54) is 4.90 Å². The maximum atomic E-state index is 11.5. The minimum atomic E-state index is -0.911. The van der Waals surface area contributed by atoms with Crippen molar-refractivity contribution in [3.05, 3.63) is 0 Å². The fourth-order valence-corrected chi connectivity index (χ4v) is 1.43. The summed E-state index contributed by atoms with van der Waals surface area (Å²) in [6, 6.07) is -0.602. The molecule has 5 heteroatoms. The number of carbonyl (C=O) groups excluding carboxylic acids is 1. The zero-order valence-electron chi connectivity index (χ0n) is 7.43. The highest BCUT2D eigenvalue weighted by Crippen LogP contribution is 2.20. The van der Waals surface area contributed by atoms with E-state index in [9.17, 15) is 9.59 Å². The molecule has 1 amide bonds. The Bertz CT molecular complexity index is 231. The number of hydrogen-bond acceptors (Lipinski definition) is 3. The molecule has 0 saturated carbocycles. The average molecular weight is 203 g/mol. The van der Waals surface area contributed by atoms with E-state index in [4.69, 9.17) is 5.11 Å². The van der Waals surface area contributed by atoms with Crippen molar-refractivity contribution in [2.24, 2.45) is 5.92 Å². The molecule has 74 valence electrons. The predicted octanol–water partition coefficient (Wildman–Crippen LogP) is 0.238. The lowest BCUT2D eigenvalue weighted by Crippen LogP contribution is -2.56. The lowest BCUT2D eigenvalue weighted by Gasteiger charge is -2.39. The predicted molar refractivity (Wildman–Crippen MR) is 50.8 cm³/mol. The monoisotopic (exact) mass is 203 g/mol. The molecular formula is C8H13NO3S. The van der Waals surface area contributed by atoms with Crippen LogP contribution in [-0.4, -0.2) is 40.2 Å². The summed E-state index contributed by atoms with van der Waals surface area (Å²) in [5.74, 6) is -0.744. The van der Waals surface area contributed by atoms with Crippen LogP contribution in [0.4, 0.5) is 0 Å². The molecule has 2 unspecified atom stereocenters. The molecule has 0 spiro atoms. The summed E-state index contributed by atoms with van der Waals surface area (Å²) in [6.07, 6.45) is 0.570. The number of rotatable bonds is 3. The molecule has 1 aliphatic rings. The van der Waals surface area contributed by atoms with Crippen molar-refractivity contribution in [3.8, 4) is 0 Å². The minimum Gasteiger partial charge on any atom is -0.480 e. The summed E-state index contributed by atoms with van der Waals surface area (Å²) in [5, 5.41) is 8.69. The summed E-state index contributed by atoms with van der Waals surface area (Å²) in [5.41, 5.74) is 0. The topological polar surface area (TPSA) is 57.6 Å². The summed E-state index contributed by atoms with van der Waals surface area (Å²) >= 11 is 4.00. The van der Waals surface area contributed by atoms with Gasteiger partial charge in [0.15, 0.2) is 0 Å². The normalized spacial score (nSPS) is 23.5. The summed E-state index contributed by atoms with van der Waals surface area (Å²) in [6.45, 7) is 2.32. The molecule has 1 rings (SSSR count). The Labute approximate surface area is 82.3 Å². The third kappa shape index (κ3) is 1.96. The highest BCUT2D eigenvalue weighted by Gasteiger charge is 2.38. The summed E-state index contributed by atoms with van der Waals surface area (Å²) in [7, 11) is 0. The second-order valence-electron chi connectivity index (χ2n) is 3.26. The molecule has 4 nitrogen and oxygen atoms in total. The fourth-order valence-electron chi connectivity index (χ4n) is 1.27. The van der Waals surface area contributed by atoms with Gasteiger partial charge in [0.1, 0.15) is 6.04 Å². The van der Waals surface area contributed by atoms with Crippen molar-refractivity contribution < 1.29 is 14.7 Å². The second-order valence-corrected chi connectivity index (χ2v) is 3.62. The van der Waals surface area contributed by atoms with E-state index in [2.05, 4.69) is 12.6 Å². The van der Waals surface area contributed by atoms with Gasteiger partial charge in [-0.3, -0.25) is 4.79 Å². The van der Waals surface area contributed by atoms with Gasteiger partial charge in [-0.15, -0.1) is 0 Å². The van der Waals surface area contributed by atoms with E-state index in [-0.39, 0.29) is 11.8 Å². The summed E-state index contributed by atoms with van der Waals surface area (Å²) < 4.78 is 0. The lowest BCUT2D eigenvalue weighted by molar-refractivity contribution is -0.158. The first-order chi connectivity index (χ1) is 6.07. The van der Waals surface area contributed by atoms with E-state index in [0.717, 1.165) is 0 Å². The minimum absolute atomic E-state index is 0.103. The molecule has 0 bridgehead atoms. The molecule has 0 aliphatic carbocycles. The van der Waals surface area contributed by atoms with E-state index in [1.54, 1.807) is 6.92 Å². The molecule has 1 fully saturated rings. The molecule has 0 radical (unpaired) electrons. The lowest BCUT2D eigenvalue weighted by atomic mass is 10.0. The van der Waals surface area contributed by atoms with Gasteiger partial charge in [0.05, 0.1) is 0 Å². The van der Waals surface area contributed by atoms with Gasteiger partial charge in [0, 0.05) is 18.2 Å². The van der Waals surface area contributed by atoms with Gasteiger partial charge >= 0.3 is 5.97 Å². The van der Waals surface area contributed by atoms with E-state index in [0.29, 0.717) is 18.7 Å². The Hall–Kier alpha value is -0.710. The van der Waals surface area contributed by atoms with Crippen molar-refractivity contribution in [3.63, 3.8) is 0 Å². The molecule has 0 aromatic carbocycles. The number of thiol groups is 1. The van der Waals surface area contributed by atoms with Crippen molar-refractivity contribution in [1.82, 2.24) is 4.90 Å². The zero-order chi connectivity index (χ0) is 10.0. The van der Waals surface area contributed by atoms with Crippen molar-refractivity contribution in [1.29, 1.82) is 0 Å². The maximum Gasteiger partial charge on any atom is 0.326 e. The number of carboxylic acid groups (broad SMARTS) is 1. The quantitative estimate of drug-likeness (QED) is 0.646. The van der Waals surface area contributed by atoms with Gasteiger partial charge in [-0.1, -0.05) is 6.92 Å². The highest BCUT2D eigenvalue weighted by atomic mass is 32.1. The third-order valence-electron chi connectivity index (χ3n) is 2.28. The Morgan fingerprint density at radius 3 is 2.62 bits per heavy atom. The SMILES string of the molecule is CC(CS)C(=O)N1CCC1C(=O)O. The number of amides is 1. The van der Waals surface area contributed by atoms with Crippen LogP contribution in [0.3, 0.4) is 0 Å². The number of aliphatic carboxylic acids is 1. The van der Waals surface area contributed by atoms with Gasteiger partial charge in [0.25, 0.3) is 0 Å². The van der Waals surface area contributed by atoms with E-state index < -0.39 is 12.0 Å². The molecule has 0 aromatic heterocycles. The first-order valence-electron chi connectivity index (χ1n) is 4.22. The van der Waals surface area contributed by atoms with Crippen LogP contribution in [0.1, 0.15) is 13.3 Å². The Morgan fingerprint density at radius 2 is 2.31 bits per heavy atom. The van der Waals surface area contributed by atoms with Crippen molar-refractivity contribution in [2.45, 2.75) is 19.4 Å². The third-order valence-corrected chi connectivity index (χ3v) is 2.83. The molecule has 13 heavy (non-hydrogen) atoms. The van der Waals surface area contributed by atoms with Crippen LogP contribution in [0.5, 0.6) is 0 Å². The van der Waals surface area contributed by atoms with Crippen LogP contribution < -0.4 is 0 Å². The van der Waals surface area contributed by atoms with Gasteiger partial charge in [0.2, 0.25) is 5.91 Å². The fraction of sp³-hybridized carbons (Fsp3) is 0.750. The van der Waals surface area contributed by atoms with Crippen LogP contribution in [0, 0.1) is 5.92 Å². The molecule has 1 heterocycles. The number of carbonyl (C=O) groups is 2. The first kappa shape index (κ1) is 10.4. The van der Waals surface area contributed by atoms with Crippen LogP contribution in [0.15, 0.2) is 0 Å². The number of likely N-dealkylation sites (tertiary alicyclic amines) is 1. The van der Waals surface area contributed by atoms with Crippen LogP contribution in [-0.2, 0) is 9.59 Å². The smallest absolute Gasteiger partial charge is 0.326 e. The Morgan fingerprint density at radius 1 is 1.69 bits per heavy atom. The van der Waals surface area contributed by atoms with Gasteiger partial charge < -0.3 is 10.0 Å². The maximum absolute atomic E-state index is 11.5. The summed E-state index contributed by atoms with van der Waals surface area (Å²) in [4.78, 5) is 23.5. The van der Waals surface area contributed by atoms with Gasteiger partial charge in [-0.25, -0.2) is 4.79 Å². The van der Waals surface area contributed by atoms with Crippen LogP contribution in [0.2, 0.25) is 0 Å². The van der Waals surface area contributed by atoms with Gasteiger partial charge in [-0.2, -0.15) is 12.6 Å². The average Bonchev–Trinajstić information content (AvgIpc) is 1.99. The van der Waals surface area contributed by atoms with Crippen molar-refractivity contribution in [2.75, 3.05) is 12.3 Å². The highest BCUT2D eigenvalue weighted by molar-refractivity contribution is 7.80. The molecule has 1 aliphatic heterocycles. The van der Waals surface area contributed by atoms with Gasteiger partial charge in [-0.05, 0) is 6.42 Å². The van der Waals surface area contributed by atoms with E-state index >= 15 is 0 Å². The van der Waals surface area contributed by atoms with Crippen LogP contribution in [0.25, 0.3) is 0 Å². The van der Waals surface area contributed by atoms with E-state index in [1.807, 2.05) is 0 Å². The first-order valence-corrected chi connectivity index (χ1v) is 4.85. The van der Waals surface area contributed by atoms with Crippen LogP contribution >= 0.6 is 12.6 Å². The standard InChI is InChI=1S/C8H13NO3S/c1-5(4-13)7(10)9-3-2-6(9)8(11)12/h5-6,13H,2-4H2,1H3,(H,11,12). The molecule has 0 aromatic rings. The molecule has 1 saturated heterocycles. The number of carboxylic acids is 1. The largest absolute Gasteiger partial charge is 0.480 e. The number of nitrogens with zero attached hydrogens (tertiary/aromatic N) is 1.